The van der Waals surface area contributed by atoms with Gasteiger partial charge in [-0.2, -0.15) is 0 Å². The van der Waals surface area contributed by atoms with Crippen LogP contribution in [0.25, 0.3) is 0 Å². The molecule has 2 aromatic rings. The molecule has 2 aromatic carbocycles. The van der Waals surface area contributed by atoms with E-state index in [9.17, 15) is 9.59 Å². The van der Waals surface area contributed by atoms with Crippen LogP contribution in [0.4, 0.5) is 17.1 Å². The van der Waals surface area contributed by atoms with Gasteiger partial charge in [0.1, 0.15) is 0 Å². The molecule has 2 amide bonds. The molecule has 0 spiro atoms. The number of anilines is 3. The smallest absolute Gasteiger partial charge is 0.316 e. The zero-order valence-electron chi connectivity index (χ0n) is 15.6. The summed E-state index contributed by atoms with van der Waals surface area (Å²) in [7, 11) is 0. The van der Waals surface area contributed by atoms with Crippen molar-refractivity contribution in [3.8, 4) is 0 Å². The third-order valence-corrected chi connectivity index (χ3v) is 4.91. The number of carbonyl (C=O) groups is 2. The molecule has 0 bridgehead atoms. The van der Waals surface area contributed by atoms with Crippen molar-refractivity contribution in [2.75, 3.05) is 34.8 Å². The molecule has 0 atom stereocenters. The van der Waals surface area contributed by atoms with E-state index in [4.69, 9.17) is 0 Å². The topological polar surface area (TPSA) is 52.7 Å². The number of amides is 2. The third kappa shape index (κ3) is 3.43. The van der Waals surface area contributed by atoms with E-state index in [1.54, 1.807) is 4.90 Å². The van der Waals surface area contributed by atoms with E-state index >= 15 is 0 Å². The Morgan fingerprint density at radius 1 is 1.12 bits per heavy atom. The second kappa shape index (κ2) is 7.60. The molecule has 0 saturated carbocycles. The molecule has 0 saturated heterocycles. The van der Waals surface area contributed by atoms with Crippen LogP contribution in [0.2, 0.25) is 0 Å². The Hall–Kier alpha value is -2.82. The summed E-state index contributed by atoms with van der Waals surface area (Å²) in [4.78, 5) is 28.9. The summed E-state index contributed by atoms with van der Waals surface area (Å²) in [5.41, 5.74) is 4.67. The standard InChI is InChI=1S/C21H25N3O2/c1-4-23(5-2)17-10-11-18(15(3)14-17)22-20(25)21(26)24-13-12-16-8-6-7-9-19(16)24/h6-11,14H,4-5,12-13H2,1-3H3,(H,22,25). The van der Waals surface area contributed by atoms with Crippen molar-refractivity contribution < 1.29 is 9.59 Å². The minimum atomic E-state index is -0.597. The van der Waals surface area contributed by atoms with E-state index in [1.165, 1.54) is 0 Å². The predicted molar refractivity (Wildman–Crippen MR) is 106 cm³/mol. The zero-order valence-corrected chi connectivity index (χ0v) is 15.6. The van der Waals surface area contributed by atoms with Crippen LogP contribution in [0, 0.1) is 6.92 Å². The van der Waals surface area contributed by atoms with Gasteiger partial charge < -0.3 is 15.1 Å². The Bertz CT molecular complexity index is 828. The first-order valence-corrected chi connectivity index (χ1v) is 9.11. The van der Waals surface area contributed by atoms with Gasteiger partial charge in [-0.25, -0.2) is 0 Å². The van der Waals surface area contributed by atoms with Crippen molar-refractivity contribution in [1.29, 1.82) is 0 Å². The SMILES string of the molecule is CCN(CC)c1ccc(NC(=O)C(=O)N2CCc3ccccc32)c(C)c1. The highest BCUT2D eigenvalue weighted by molar-refractivity contribution is 6.44. The quantitative estimate of drug-likeness (QED) is 0.859. The second-order valence-corrected chi connectivity index (χ2v) is 6.46. The van der Waals surface area contributed by atoms with Gasteiger partial charge in [0.2, 0.25) is 0 Å². The molecule has 5 nitrogen and oxygen atoms in total. The van der Waals surface area contributed by atoms with E-state index in [0.717, 1.165) is 42.0 Å². The zero-order chi connectivity index (χ0) is 18.7. The van der Waals surface area contributed by atoms with Crippen molar-refractivity contribution >= 4 is 28.9 Å². The van der Waals surface area contributed by atoms with Crippen LogP contribution in [-0.4, -0.2) is 31.4 Å². The number of fused-ring (bicyclic) bond motifs is 1. The maximum atomic E-state index is 12.6. The summed E-state index contributed by atoms with van der Waals surface area (Å²) in [6, 6.07) is 13.6. The van der Waals surface area contributed by atoms with Gasteiger partial charge in [0.05, 0.1) is 0 Å². The molecule has 1 N–H and O–H groups in total. The highest BCUT2D eigenvalue weighted by Crippen LogP contribution is 2.28. The van der Waals surface area contributed by atoms with Crippen molar-refractivity contribution in [2.45, 2.75) is 27.2 Å². The number of rotatable bonds is 4. The lowest BCUT2D eigenvalue weighted by molar-refractivity contribution is -0.134. The number of carbonyl (C=O) groups excluding carboxylic acids is 2. The van der Waals surface area contributed by atoms with E-state index in [1.807, 2.05) is 49.4 Å². The Morgan fingerprint density at radius 2 is 1.85 bits per heavy atom. The molecule has 0 aromatic heterocycles. The Morgan fingerprint density at radius 3 is 2.54 bits per heavy atom. The minimum Gasteiger partial charge on any atom is -0.372 e. The maximum absolute atomic E-state index is 12.6. The molecule has 0 radical (unpaired) electrons. The van der Waals surface area contributed by atoms with Crippen LogP contribution in [0.1, 0.15) is 25.0 Å². The fraction of sp³-hybridized carbons (Fsp3) is 0.333. The molecular weight excluding hydrogens is 326 g/mol. The molecule has 136 valence electrons. The molecule has 1 heterocycles. The molecule has 0 unspecified atom stereocenters. The Balaban J connectivity index is 1.73. The number of nitrogens with one attached hydrogen (secondary N) is 1. The summed E-state index contributed by atoms with van der Waals surface area (Å²) < 4.78 is 0. The van der Waals surface area contributed by atoms with Crippen LogP contribution >= 0.6 is 0 Å². The van der Waals surface area contributed by atoms with Crippen molar-refractivity contribution in [1.82, 2.24) is 0 Å². The average molecular weight is 351 g/mol. The number of hydrogen-bond acceptors (Lipinski definition) is 3. The summed E-state index contributed by atoms with van der Waals surface area (Å²) in [5.74, 6) is -1.11. The Labute approximate surface area is 154 Å². The number of aryl methyl sites for hydroxylation is 1. The van der Waals surface area contributed by atoms with Gasteiger partial charge in [-0.3, -0.25) is 9.59 Å². The highest BCUT2D eigenvalue weighted by Gasteiger charge is 2.29. The molecule has 0 fully saturated rings. The lowest BCUT2D eigenvalue weighted by Gasteiger charge is -2.22. The van der Waals surface area contributed by atoms with E-state index < -0.39 is 11.8 Å². The largest absolute Gasteiger partial charge is 0.372 e. The lowest BCUT2D eigenvalue weighted by atomic mass is 10.1. The normalized spacial score (nSPS) is 12.7. The van der Waals surface area contributed by atoms with Gasteiger partial charge in [0.15, 0.2) is 0 Å². The average Bonchev–Trinajstić information content (AvgIpc) is 3.08. The van der Waals surface area contributed by atoms with Gasteiger partial charge in [-0.15, -0.1) is 0 Å². The van der Waals surface area contributed by atoms with Gasteiger partial charge in [-0.1, -0.05) is 18.2 Å². The summed E-state index contributed by atoms with van der Waals surface area (Å²) in [6.45, 7) is 8.56. The van der Waals surface area contributed by atoms with Crippen LogP contribution in [-0.2, 0) is 16.0 Å². The minimum absolute atomic E-state index is 0.512. The fourth-order valence-electron chi connectivity index (χ4n) is 3.42. The third-order valence-electron chi connectivity index (χ3n) is 4.91. The molecule has 5 heteroatoms. The number of nitrogens with zero attached hydrogens (tertiary/aromatic N) is 2. The first kappa shape index (κ1) is 18.0. The van der Waals surface area contributed by atoms with Gasteiger partial charge in [0.25, 0.3) is 0 Å². The van der Waals surface area contributed by atoms with Crippen molar-refractivity contribution in [2.24, 2.45) is 0 Å². The fourth-order valence-corrected chi connectivity index (χ4v) is 3.42. The van der Waals surface area contributed by atoms with E-state index in [0.29, 0.717) is 12.2 Å². The van der Waals surface area contributed by atoms with Gasteiger partial charge in [0, 0.05) is 36.7 Å². The molecule has 1 aliphatic rings. The van der Waals surface area contributed by atoms with E-state index in [2.05, 4.69) is 24.1 Å². The summed E-state index contributed by atoms with van der Waals surface area (Å²) >= 11 is 0. The number of hydrogen-bond donors (Lipinski definition) is 1. The number of para-hydroxylation sites is 1. The monoisotopic (exact) mass is 351 g/mol. The van der Waals surface area contributed by atoms with Crippen LogP contribution in [0.3, 0.4) is 0 Å². The van der Waals surface area contributed by atoms with Gasteiger partial charge >= 0.3 is 11.8 Å². The van der Waals surface area contributed by atoms with Crippen LogP contribution in [0.5, 0.6) is 0 Å². The first-order valence-electron chi connectivity index (χ1n) is 9.11. The second-order valence-electron chi connectivity index (χ2n) is 6.46. The van der Waals surface area contributed by atoms with Crippen molar-refractivity contribution in [3.05, 3.63) is 53.6 Å². The molecule has 26 heavy (non-hydrogen) atoms. The van der Waals surface area contributed by atoms with Crippen molar-refractivity contribution in [3.63, 3.8) is 0 Å². The molecule has 1 aliphatic heterocycles. The van der Waals surface area contributed by atoms with Crippen LogP contribution in [0.15, 0.2) is 42.5 Å². The predicted octanol–water partition coefficient (Wildman–Crippen LogP) is 3.37. The summed E-state index contributed by atoms with van der Waals surface area (Å²) in [6.07, 6.45) is 0.785. The Kier molecular flexibility index (Phi) is 5.26. The van der Waals surface area contributed by atoms with E-state index in [-0.39, 0.29) is 0 Å². The summed E-state index contributed by atoms with van der Waals surface area (Å²) in [5, 5.41) is 2.77. The van der Waals surface area contributed by atoms with Gasteiger partial charge in [-0.05, 0) is 62.6 Å². The molecular formula is C21H25N3O2. The number of benzene rings is 2. The molecule has 0 aliphatic carbocycles. The highest BCUT2D eigenvalue weighted by atomic mass is 16.2. The lowest BCUT2D eigenvalue weighted by Crippen LogP contribution is -2.38. The first-order chi connectivity index (χ1) is 12.5. The van der Waals surface area contributed by atoms with Crippen LogP contribution < -0.4 is 15.1 Å². The molecule has 3 rings (SSSR count). The maximum Gasteiger partial charge on any atom is 0.316 e.